The highest BCUT2D eigenvalue weighted by atomic mass is 16.3. The van der Waals surface area contributed by atoms with Gasteiger partial charge in [0.15, 0.2) is 5.78 Å². The molecule has 0 aromatic heterocycles. The van der Waals surface area contributed by atoms with Gasteiger partial charge < -0.3 is 15.3 Å². The van der Waals surface area contributed by atoms with E-state index >= 15 is 0 Å². The van der Waals surface area contributed by atoms with Gasteiger partial charge in [-0.1, -0.05) is 36.4 Å². The van der Waals surface area contributed by atoms with Gasteiger partial charge in [-0.3, -0.25) is 14.4 Å². The zero-order chi connectivity index (χ0) is 19.6. The summed E-state index contributed by atoms with van der Waals surface area (Å²) in [6.45, 7) is 1.76. The van der Waals surface area contributed by atoms with Crippen LogP contribution in [0.25, 0.3) is 5.76 Å². The largest absolute Gasteiger partial charge is 0.507 e. The zero-order valence-electron chi connectivity index (χ0n) is 15.2. The summed E-state index contributed by atoms with van der Waals surface area (Å²) in [7, 11) is 1.46. The Morgan fingerprint density at radius 3 is 2.41 bits per heavy atom. The molecule has 0 atom stereocenters. The van der Waals surface area contributed by atoms with Crippen LogP contribution in [0, 0.1) is 0 Å². The van der Waals surface area contributed by atoms with Crippen molar-refractivity contribution in [2.75, 3.05) is 11.9 Å². The van der Waals surface area contributed by atoms with Crippen molar-refractivity contribution in [1.29, 1.82) is 0 Å². The molecule has 1 heterocycles. The number of para-hydroxylation sites is 1. The summed E-state index contributed by atoms with van der Waals surface area (Å²) in [5, 5.41) is 13.1. The van der Waals surface area contributed by atoms with Crippen LogP contribution in [0.2, 0.25) is 0 Å². The molecule has 0 spiro atoms. The van der Waals surface area contributed by atoms with Crippen molar-refractivity contribution in [3.63, 3.8) is 0 Å². The number of benzene rings is 2. The lowest BCUT2D eigenvalue weighted by Crippen LogP contribution is -2.31. The predicted molar refractivity (Wildman–Crippen MR) is 102 cm³/mol. The number of hydrogen-bond acceptors (Lipinski definition) is 4. The fraction of sp³-hybridized carbons (Fsp3) is 0.190. The molecule has 2 N–H and O–H groups in total. The maximum Gasteiger partial charge on any atom is 0.251 e. The van der Waals surface area contributed by atoms with Crippen LogP contribution in [-0.2, 0) is 16.1 Å². The van der Waals surface area contributed by atoms with E-state index in [9.17, 15) is 19.5 Å². The Balaban J connectivity index is 2.00. The van der Waals surface area contributed by atoms with Crippen LogP contribution in [0.4, 0.5) is 5.69 Å². The van der Waals surface area contributed by atoms with Gasteiger partial charge in [-0.2, -0.15) is 0 Å². The van der Waals surface area contributed by atoms with Crippen LogP contribution in [0.15, 0.2) is 54.1 Å². The van der Waals surface area contributed by atoms with Crippen LogP contribution < -0.4 is 10.2 Å². The van der Waals surface area contributed by atoms with Gasteiger partial charge in [0.2, 0.25) is 5.91 Å². The summed E-state index contributed by atoms with van der Waals surface area (Å²) in [4.78, 5) is 38.0. The Bertz CT molecular complexity index is 945. The molecule has 0 aliphatic carbocycles. The summed E-state index contributed by atoms with van der Waals surface area (Å²) >= 11 is 0. The number of nitrogens with zero attached hydrogens (tertiary/aromatic N) is 1. The second kappa shape index (κ2) is 7.45. The molecule has 1 aliphatic heterocycles. The average Bonchev–Trinajstić information content (AvgIpc) is 2.78. The number of carbonyl (C=O) groups is 3. The van der Waals surface area contributed by atoms with E-state index in [4.69, 9.17) is 0 Å². The van der Waals surface area contributed by atoms with Gasteiger partial charge in [0, 0.05) is 18.2 Å². The van der Waals surface area contributed by atoms with Crippen molar-refractivity contribution < 1.29 is 19.5 Å². The van der Waals surface area contributed by atoms with Crippen molar-refractivity contribution in [1.82, 2.24) is 5.32 Å². The predicted octanol–water partition coefficient (Wildman–Crippen LogP) is 2.84. The van der Waals surface area contributed by atoms with Crippen molar-refractivity contribution in [2.45, 2.75) is 19.9 Å². The Labute approximate surface area is 157 Å². The number of anilines is 1. The van der Waals surface area contributed by atoms with Crippen LogP contribution >= 0.6 is 0 Å². The fourth-order valence-corrected chi connectivity index (χ4v) is 3.08. The molecular formula is C21H20N2O4. The number of ketones is 1. The van der Waals surface area contributed by atoms with E-state index in [1.54, 1.807) is 53.4 Å². The lowest BCUT2D eigenvalue weighted by atomic mass is 10.1. The Morgan fingerprint density at radius 2 is 1.78 bits per heavy atom. The number of likely N-dealkylation sites (N-methyl/N-ethyl adjacent to an activating group) is 1. The molecule has 0 bridgehead atoms. The van der Waals surface area contributed by atoms with Gasteiger partial charge in [0.1, 0.15) is 5.76 Å². The number of fused-ring (bicyclic) bond motifs is 1. The SMILES string of the molecule is CNC(=O)C1=C(O)c2ccccc2N(Cc2ccc(C(C)=O)cc2)C(=O)C1. The standard InChI is InChI=1S/C21H20N2O4/c1-13(24)15-9-7-14(8-10-15)12-23-18-6-4-3-5-16(18)20(26)17(11-19(23)25)21(27)22-2/h3-10,26H,11-12H2,1-2H3,(H,22,27). The fourth-order valence-electron chi connectivity index (χ4n) is 3.08. The second-order valence-corrected chi connectivity index (χ2v) is 6.33. The van der Waals surface area contributed by atoms with Crippen LogP contribution in [-0.4, -0.2) is 29.8 Å². The van der Waals surface area contributed by atoms with Gasteiger partial charge in [0.25, 0.3) is 5.91 Å². The molecule has 27 heavy (non-hydrogen) atoms. The summed E-state index contributed by atoms with van der Waals surface area (Å²) in [6.07, 6.45) is -0.203. The first-order chi connectivity index (χ1) is 12.9. The molecule has 0 unspecified atom stereocenters. The van der Waals surface area contributed by atoms with Gasteiger partial charge >= 0.3 is 0 Å². The Kier molecular flexibility index (Phi) is 5.07. The van der Waals surface area contributed by atoms with E-state index in [1.807, 2.05) is 0 Å². The molecule has 0 saturated carbocycles. The molecule has 0 saturated heterocycles. The van der Waals surface area contributed by atoms with E-state index in [2.05, 4.69) is 5.32 Å². The highest BCUT2D eigenvalue weighted by Crippen LogP contribution is 2.34. The molecule has 6 heteroatoms. The number of rotatable bonds is 4. The van der Waals surface area contributed by atoms with Gasteiger partial charge in [0.05, 0.1) is 24.2 Å². The summed E-state index contributed by atoms with van der Waals surface area (Å²) in [5.74, 6) is -0.987. The number of amides is 2. The van der Waals surface area contributed by atoms with E-state index in [0.29, 0.717) is 16.8 Å². The quantitative estimate of drug-likeness (QED) is 0.817. The summed E-state index contributed by atoms with van der Waals surface area (Å²) < 4.78 is 0. The number of hydrogen-bond donors (Lipinski definition) is 2. The van der Waals surface area contributed by atoms with Crippen molar-refractivity contribution in [3.05, 3.63) is 70.8 Å². The third-order valence-electron chi connectivity index (χ3n) is 4.57. The van der Waals surface area contributed by atoms with Crippen LogP contribution in [0.3, 0.4) is 0 Å². The molecule has 2 aromatic carbocycles. The average molecular weight is 364 g/mol. The Hall–Kier alpha value is -3.41. The first-order valence-corrected chi connectivity index (χ1v) is 8.56. The van der Waals surface area contributed by atoms with Gasteiger partial charge in [-0.15, -0.1) is 0 Å². The molecule has 0 radical (unpaired) electrons. The van der Waals surface area contributed by atoms with E-state index in [-0.39, 0.29) is 36.0 Å². The number of nitrogens with one attached hydrogen (secondary N) is 1. The molecule has 2 amide bonds. The number of aliphatic hydroxyl groups excluding tert-OH is 1. The normalized spacial score (nSPS) is 13.9. The Morgan fingerprint density at radius 1 is 1.11 bits per heavy atom. The minimum absolute atomic E-state index is 0.0258. The van der Waals surface area contributed by atoms with Crippen LogP contribution in [0.5, 0.6) is 0 Å². The third kappa shape index (κ3) is 3.60. The number of aliphatic hydroxyl groups is 1. The molecule has 3 rings (SSSR count). The summed E-state index contributed by atoms with van der Waals surface area (Å²) in [6, 6.07) is 14.0. The topological polar surface area (TPSA) is 86.7 Å². The summed E-state index contributed by atoms with van der Waals surface area (Å²) in [5.41, 5.74) is 2.45. The maximum absolute atomic E-state index is 12.9. The van der Waals surface area contributed by atoms with E-state index in [1.165, 1.54) is 14.0 Å². The molecule has 138 valence electrons. The first-order valence-electron chi connectivity index (χ1n) is 8.56. The molecule has 6 nitrogen and oxygen atoms in total. The highest BCUT2D eigenvalue weighted by molar-refractivity contribution is 6.10. The third-order valence-corrected chi connectivity index (χ3v) is 4.57. The minimum Gasteiger partial charge on any atom is -0.507 e. The van der Waals surface area contributed by atoms with E-state index in [0.717, 1.165) is 5.56 Å². The molecule has 2 aromatic rings. The number of carbonyl (C=O) groups excluding carboxylic acids is 3. The lowest BCUT2D eigenvalue weighted by molar-refractivity contribution is -0.121. The minimum atomic E-state index is -0.483. The van der Waals surface area contributed by atoms with Gasteiger partial charge in [-0.05, 0) is 24.6 Å². The van der Waals surface area contributed by atoms with E-state index < -0.39 is 5.91 Å². The molecular weight excluding hydrogens is 344 g/mol. The van der Waals surface area contributed by atoms with Crippen molar-refractivity contribution in [3.8, 4) is 0 Å². The first kappa shape index (κ1) is 18.4. The second-order valence-electron chi connectivity index (χ2n) is 6.33. The maximum atomic E-state index is 12.9. The van der Waals surface area contributed by atoms with Crippen molar-refractivity contribution in [2.24, 2.45) is 0 Å². The monoisotopic (exact) mass is 364 g/mol. The smallest absolute Gasteiger partial charge is 0.251 e. The highest BCUT2D eigenvalue weighted by Gasteiger charge is 2.30. The lowest BCUT2D eigenvalue weighted by Gasteiger charge is -2.23. The molecule has 0 fully saturated rings. The molecule has 1 aliphatic rings. The van der Waals surface area contributed by atoms with Crippen LogP contribution in [0.1, 0.15) is 34.8 Å². The number of Topliss-reactive ketones (excluding diaryl/α,β-unsaturated/α-hetero) is 1. The van der Waals surface area contributed by atoms with Crippen molar-refractivity contribution >= 4 is 29.0 Å². The zero-order valence-corrected chi connectivity index (χ0v) is 15.2. The van der Waals surface area contributed by atoms with Gasteiger partial charge in [-0.25, -0.2) is 0 Å².